The fourth-order valence-corrected chi connectivity index (χ4v) is 2.22. The molecule has 1 heterocycles. The third-order valence-electron chi connectivity index (χ3n) is 2.93. The maximum atomic E-state index is 5.52. The minimum Gasteiger partial charge on any atom is -0.283 e. The van der Waals surface area contributed by atoms with Crippen molar-refractivity contribution >= 4 is 0 Å². The van der Waals surface area contributed by atoms with Crippen LogP contribution >= 0.6 is 0 Å². The van der Waals surface area contributed by atoms with Gasteiger partial charge in [0.1, 0.15) is 0 Å². The number of rotatable bonds is 1. The highest BCUT2D eigenvalue weighted by Gasteiger charge is 2.39. The Morgan fingerprint density at radius 3 is 2.33 bits per heavy atom. The van der Waals surface area contributed by atoms with Crippen LogP contribution in [0.25, 0.3) is 0 Å². The van der Waals surface area contributed by atoms with Crippen LogP contribution in [0.15, 0.2) is 0 Å². The molecule has 68 valence electrons. The lowest BCUT2D eigenvalue weighted by Gasteiger charge is -2.41. The van der Waals surface area contributed by atoms with Crippen molar-refractivity contribution in [3.05, 3.63) is 0 Å². The SMILES string of the molecule is C#CC(C)(C)N1CCCC1(C)C. The van der Waals surface area contributed by atoms with Crippen LogP contribution in [-0.4, -0.2) is 22.5 Å². The predicted molar refractivity (Wildman–Crippen MR) is 52.9 cm³/mol. The van der Waals surface area contributed by atoms with Gasteiger partial charge in [-0.05, 0) is 40.5 Å². The number of hydrogen-bond acceptors (Lipinski definition) is 1. The molecule has 0 aromatic carbocycles. The van der Waals surface area contributed by atoms with E-state index in [1.54, 1.807) is 0 Å². The van der Waals surface area contributed by atoms with E-state index < -0.39 is 0 Å². The lowest BCUT2D eigenvalue weighted by molar-refractivity contribution is 0.0938. The first-order chi connectivity index (χ1) is 5.40. The molecule has 0 amide bonds. The van der Waals surface area contributed by atoms with Crippen LogP contribution in [-0.2, 0) is 0 Å². The molecule has 0 aromatic heterocycles. The van der Waals surface area contributed by atoms with Gasteiger partial charge in [-0.1, -0.05) is 5.92 Å². The van der Waals surface area contributed by atoms with Gasteiger partial charge in [0.2, 0.25) is 0 Å². The van der Waals surface area contributed by atoms with Gasteiger partial charge in [0.05, 0.1) is 5.54 Å². The Kier molecular flexibility index (Phi) is 2.23. The molecule has 1 saturated heterocycles. The zero-order valence-electron chi connectivity index (χ0n) is 8.65. The summed E-state index contributed by atoms with van der Waals surface area (Å²) < 4.78 is 0. The summed E-state index contributed by atoms with van der Waals surface area (Å²) >= 11 is 0. The van der Waals surface area contributed by atoms with E-state index in [4.69, 9.17) is 6.42 Å². The summed E-state index contributed by atoms with van der Waals surface area (Å²) in [5, 5.41) is 0. The second kappa shape index (κ2) is 2.78. The molecule has 0 atom stereocenters. The summed E-state index contributed by atoms with van der Waals surface area (Å²) in [6.07, 6.45) is 8.05. The van der Waals surface area contributed by atoms with Gasteiger partial charge in [0.15, 0.2) is 0 Å². The average Bonchev–Trinajstić information content (AvgIpc) is 2.30. The summed E-state index contributed by atoms with van der Waals surface area (Å²) in [7, 11) is 0. The van der Waals surface area contributed by atoms with E-state index >= 15 is 0 Å². The van der Waals surface area contributed by atoms with Crippen LogP contribution < -0.4 is 0 Å². The maximum absolute atomic E-state index is 5.52. The van der Waals surface area contributed by atoms with Crippen molar-refractivity contribution < 1.29 is 0 Å². The van der Waals surface area contributed by atoms with Crippen molar-refractivity contribution in [2.75, 3.05) is 6.54 Å². The molecule has 1 heteroatoms. The van der Waals surface area contributed by atoms with Crippen molar-refractivity contribution in [2.24, 2.45) is 0 Å². The third-order valence-corrected chi connectivity index (χ3v) is 2.93. The van der Waals surface area contributed by atoms with Gasteiger partial charge in [-0.2, -0.15) is 0 Å². The Morgan fingerprint density at radius 1 is 1.42 bits per heavy atom. The van der Waals surface area contributed by atoms with Gasteiger partial charge >= 0.3 is 0 Å². The van der Waals surface area contributed by atoms with E-state index in [1.807, 2.05) is 0 Å². The lowest BCUT2D eigenvalue weighted by Crippen LogP contribution is -2.50. The Bertz CT molecular complexity index is 208. The highest BCUT2D eigenvalue weighted by molar-refractivity contribution is 5.12. The zero-order chi connectivity index (χ0) is 9.41. The first kappa shape index (κ1) is 9.61. The summed E-state index contributed by atoms with van der Waals surface area (Å²) in [5.41, 5.74) is 0.204. The molecule has 0 unspecified atom stereocenters. The molecular formula is C11H19N. The second-order valence-corrected chi connectivity index (χ2v) is 4.77. The number of nitrogens with zero attached hydrogens (tertiary/aromatic N) is 1. The van der Waals surface area contributed by atoms with Crippen molar-refractivity contribution in [3.8, 4) is 12.3 Å². The highest BCUT2D eigenvalue weighted by atomic mass is 15.3. The quantitative estimate of drug-likeness (QED) is 0.539. The lowest BCUT2D eigenvalue weighted by atomic mass is 9.95. The Balaban J connectivity index is 2.84. The van der Waals surface area contributed by atoms with E-state index in [-0.39, 0.29) is 11.1 Å². The van der Waals surface area contributed by atoms with Crippen molar-refractivity contribution in [1.82, 2.24) is 4.90 Å². The van der Waals surface area contributed by atoms with Crippen LogP contribution in [0.5, 0.6) is 0 Å². The van der Waals surface area contributed by atoms with E-state index in [0.717, 1.165) is 6.54 Å². The first-order valence-electron chi connectivity index (χ1n) is 4.66. The fraction of sp³-hybridized carbons (Fsp3) is 0.818. The number of likely N-dealkylation sites (tertiary alicyclic amines) is 1. The van der Waals surface area contributed by atoms with Crippen LogP contribution in [0.1, 0.15) is 40.5 Å². The molecule has 0 N–H and O–H groups in total. The van der Waals surface area contributed by atoms with Gasteiger partial charge in [0, 0.05) is 12.1 Å². The Labute approximate surface area is 76.1 Å². The van der Waals surface area contributed by atoms with Gasteiger partial charge in [0.25, 0.3) is 0 Å². The van der Waals surface area contributed by atoms with Crippen LogP contribution in [0.3, 0.4) is 0 Å². The third kappa shape index (κ3) is 1.49. The smallest absolute Gasteiger partial charge is 0.0770 e. The van der Waals surface area contributed by atoms with Gasteiger partial charge in [-0.15, -0.1) is 6.42 Å². The van der Waals surface area contributed by atoms with Gasteiger partial charge in [-0.3, -0.25) is 4.90 Å². The second-order valence-electron chi connectivity index (χ2n) is 4.77. The molecule has 0 saturated carbocycles. The first-order valence-corrected chi connectivity index (χ1v) is 4.66. The number of terminal acetylenes is 1. The highest BCUT2D eigenvalue weighted by Crippen LogP contribution is 2.34. The van der Waals surface area contributed by atoms with Crippen LogP contribution in [0.2, 0.25) is 0 Å². The van der Waals surface area contributed by atoms with Crippen molar-refractivity contribution in [1.29, 1.82) is 0 Å². The molecule has 0 radical (unpaired) electrons. The monoisotopic (exact) mass is 165 g/mol. The zero-order valence-corrected chi connectivity index (χ0v) is 8.65. The Morgan fingerprint density at radius 2 is 2.00 bits per heavy atom. The van der Waals surface area contributed by atoms with Gasteiger partial charge < -0.3 is 0 Å². The largest absolute Gasteiger partial charge is 0.283 e. The normalized spacial score (nSPS) is 23.9. The average molecular weight is 165 g/mol. The molecule has 1 aliphatic heterocycles. The summed E-state index contributed by atoms with van der Waals surface area (Å²) in [6, 6.07) is 0. The van der Waals surface area contributed by atoms with Gasteiger partial charge in [-0.25, -0.2) is 0 Å². The van der Waals surface area contributed by atoms with E-state index in [9.17, 15) is 0 Å². The molecule has 1 rings (SSSR count). The van der Waals surface area contributed by atoms with E-state index in [2.05, 4.69) is 38.5 Å². The predicted octanol–water partition coefficient (Wildman–Crippen LogP) is 2.27. The number of hydrogen-bond donors (Lipinski definition) is 0. The summed E-state index contributed by atoms with van der Waals surface area (Å²) in [6.45, 7) is 9.95. The summed E-state index contributed by atoms with van der Waals surface area (Å²) in [5.74, 6) is 2.86. The molecular weight excluding hydrogens is 146 g/mol. The standard InChI is InChI=1S/C11H19N/c1-6-10(2,3)12-9-7-8-11(12,4)5/h1H,7-9H2,2-5H3. The molecule has 0 aromatic rings. The summed E-state index contributed by atoms with van der Waals surface area (Å²) in [4.78, 5) is 2.43. The molecule has 1 nitrogen and oxygen atoms in total. The van der Waals surface area contributed by atoms with Crippen LogP contribution in [0.4, 0.5) is 0 Å². The molecule has 0 aliphatic carbocycles. The molecule has 1 fully saturated rings. The molecule has 0 spiro atoms. The molecule has 1 aliphatic rings. The molecule has 0 bridgehead atoms. The van der Waals surface area contributed by atoms with E-state index in [0.29, 0.717) is 0 Å². The molecule has 12 heavy (non-hydrogen) atoms. The van der Waals surface area contributed by atoms with Crippen LogP contribution in [0, 0.1) is 12.3 Å². The maximum Gasteiger partial charge on any atom is 0.0770 e. The topological polar surface area (TPSA) is 3.24 Å². The van der Waals surface area contributed by atoms with Crippen molar-refractivity contribution in [2.45, 2.75) is 51.6 Å². The minimum absolute atomic E-state index is 0.0833. The van der Waals surface area contributed by atoms with Crippen molar-refractivity contribution in [3.63, 3.8) is 0 Å². The van der Waals surface area contributed by atoms with E-state index in [1.165, 1.54) is 12.8 Å². The fourth-order valence-electron chi connectivity index (χ4n) is 2.22. The Hall–Kier alpha value is -0.480. The minimum atomic E-state index is -0.0833.